The molecule has 3 amide bonds. The molecule has 4 rings (SSSR count). The monoisotopic (exact) mass is 396 g/mol. The number of amides is 3. The molecule has 0 unspecified atom stereocenters. The molecular formula is C21H21ClN4O2. The zero-order chi connectivity index (χ0) is 19.5. The predicted molar refractivity (Wildman–Crippen MR) is 111 cm³/mol. The molecule has 0 aliphatic carbocycles. The molecule has 6 nitrogen and oxygen atoms in total. The minimum absolute atomic E-state index is 0.00795. The highest BCUT2D eigenvalue weighted by molar-refractivity contribution is 6.30. The number of para-hydroxylation sites is 1. The van der Waals surface area contributed by atoms with Crippen molar-refractivity contribution in [1.29, 1.82) is 0 Å². The molecule has 1 atom stereocenters. The number of H-pyrrole nitrogens is 1. The minimum atomic E-state index is -0.254. The first kappa shape index (κ1) is 18.4. The molecule has 1 saturated heterocycles. The number of benzene rings is 2. The fourth-order valence-electron chi connectivity index (χ4n) is 3.56. The zero-order valence-electron chi connectivity index (χ0n) is 15.2. The van der Waals surface area contributed by atoms with Crippen molar-refractivity contribution in [3.05, 3.63) is 65.3 Å². The van der Waals surface area contributed by atoms with Crippen molar-refractivity contribution in [2.75, 3.05) is 18.0 Å². The summed E-state index contributed by atoms with van der Waals surface area (Å²) in [6, 6.07) is 14.7. The summed E-state index contributed by atoms with van der Waals surface area (Å²) >= 11 is 5.90. The summed E-state index contributed by atoms with van der Waals surface area (Å²) in [5.74, 6) is -0.00795. The molecule has 1 aliphatic heterocycles. The van der Waals surface area contributed by atoms with E-state index in [4.69, 9.17) is 11.6 Å². The number of urea groups is 1. The first-order valence-corrected chi connectivity index (χ1v) is 9.63. The summed E-state index contributed by atoms with van der Waals surface area (Å²) in [5, 5.41) is 7.57. The van der Waals surface area contributed by atoms with Crippen LogP contribution in [0.1, 0.15) is 12.0 Å². The Morgan fingerprint density at radius 1 is 1.18 bits per heavy atom. The Labute approximate surface area is 167 Å². The van der Waals surface area contributed by atoms with Crippen LogP contribution in [-0.4, -0.2) is 36.1 Å². The summed E-state index contributed by atoms with van der Waals surface area (Å²) in [6.07, 6.45) is 3.00. The number of fused-ring (bicyclic) bond motifs is 1. The molecular weight excluding hydrogens is 376 g/mol. The van der Waals surface area contributed by atoms with Gasteiger partial charge >= 0.3 is 6.03 Å². The number of hydrogen-bond acceptors (Lipinski definition) is 2. The lowest BCUT2D eigenvalue weighted by Gasteiger charge is -2.17. The Balaban J connectivity index is 1.27. The number of hydrogen-bond donors (Lipinski definition) is 3. The normalized spacial score (nSPS) is 16.5. The van der Waals surface area contributed by atoms with Crippen LogP contribution in [-0.2, 0) is 11.2 Å². The van der Waals surface area contributed by atoms with Crippen molar-refractivity contribution in [2.24, 2.45) is 0 Å². The molecule has 2 heterocycles. The summed E-state index contributed by atoms with van der Waals surface area (Å²) in [7, 11) is 0. The summed E-state index contributed by atoms with van der Waals surface area (Å²) in [4.78, 5) is 29.4. The molecule has 28 heavy (non-hydrogen) atoms. The molecule has 1 aromatic heterocycles. The van der Waals surface area contributed by atoms with Gasteiger partial charge in [0.2, 0.25) is 5.91 Å². The maximum Gasteiger partial charge on any atom is 0.315 e. The molecule has 7 heteroatoms. The molecule has 144 valence electrons. The third kappa shape index (κ3) is 3.97. The highest BCUT2D eigenvalue weighted by atomic mass is 35.5. The van der Waals surface area contributed by atoms with Gasteiger partial charge in [-0.25, -0.2) is 4.79 Å². The van der Waals surface area contributed by atoms with E-state index < -0.39 is 0 Å². The molecule has 3 N–H and O–H groups in total. The number of carbonyl (C=O) groups excluding carboxylic acids is 2. The van der Waals surface area contributed by atoms with Crippen molar-refractivity contribution in [2.45, 2.75) is 18.9 Å². The van der Waals surface area contributed by atoms with E-state index in [1.54, 1.807) is 17.0 Å². The average molecular weight is 397 g/mol. The number of anilines is 1. The van der Waals surface area contributed by atoms with Gasteiger partial charge in [-0.3, -0.25) is 4.79 Å². The highest BCUT2D eigenvalue weighted by Gasteiger charge is 2.31. The smallest absolute Gasteiger partial charge is 0.315 e. The van der Waals surface area contributed by atoms with Crippen LogP contribution >= 0.6 is 11.6 Å². The van der Waals surface area contributed by atoms with Crippen LogP contribution in [0.25, 0.3) is 10.9 Å². The summed E-state index contributed by atoms with van der Waals surface area (Å²) in [6.45, 7) is 0.978. The third-order valence-corrected chi connectivity index (χ3v) is 5.21. The van der Waals surface area contributed by atoms with Crippen LogP contribution < -0.4 is 15.5 Å². The van der Waals surface area contributed by atoms with Gasteiger partial charge in [0, 0.05) is 47.3 Å². The largest absolute Gasteiger partial charge is 0.361 e. The van der Waals surface area contributed by atoms with E-state index in [1.807, 2.05) is 36.5 Å². The molecule has 2 aromatic carbocycles. The van der Waals surface area contributed by atoms with Crippen molar-refractivity contribution in [1.82, 2.24) is 15.6 Å². The Bertz CT molecular complexity index is 999. The lowest BCUT2D eigenvalue weighted by Crippen LogP contribution is -2.43. The van der Waals surface area contributed by atoms with E-state index in [-0.39, 0.29) is 18.0 Å². The maximum absolute atomic E-state index is 12.3. The fourth-order valence-corrected chi connectivity index (χ4v) is 3.69. The lowest BCUT2D eigenvalue weighted by atomic mass is 10.1. The molecule has 0 saturated carbocycles. The van der Waals surface area contributed by atoms with Crippen LogP contribution in [0.15, 0.2) is 54.7 Å². The van der Waals surface area contributed by atoms with E-state index >= 15 is 0 Å². The van der Waals surface area contributed by atoms with Crippen LogP contribution in [0.3, 0.4) is 0 Å². The van der Waals surface area contributed by atoms with Gasteiger partial charge in [-0.1, -0.05) is 29.8 Å². The topological polar surface area (TPSA) is 77.2 Å². The lowest BCUT2D eigenvalue weighted by molar-refractivity contribution is -0.117. The van der Waals surface area contributed by atoms with Crippen LogP contribution in [0.2, 0.25) is 5.02 Å². The number of aromatic nitrogens is 1. The predicted octanol–water partition coefficient (Wildman–Crippen LogP) is 3.47. The quantitative estimate of drug-likeness (QED) is 0.617. The first-order valence-electron chi connectivity index (χ1n) is 9.25. The molecule has 0 bridgehead atoms. The maximum atomic E-state index is 12.3. The molecule has 0 radical (unpaired) electrons. The van der Waals surface area contributed by atoms with E-state index in [2.05, 4.69) is 21.7 Å². The van der Waals surface area contributed by atoms with Crippen molar-refractivity contribution in [3.8, 4) is 0 Å². The molecule has 3 aromatic rings. The van der Waals surface area contributed by atoms with E-state index in [0.717, 1.165) is 17.6 Å². The Kier molecular flexibility index (Phi) is 5.21. The summed E-state index contributed by atoms with van der Waals surface area (Å²) in [5.41, 5.74) is 3.05. The van der Waals surface area contributed by atoms with Crippen LogP contribution in [0, 0.1) is 0 Å². The number of aromatic amines is 1. The highest BCUT2D eigenvalue weighted by Crippen LogP contribution is 2.23. The Morgan fingerprint density at radius 2 is 1.96 bits per heavy atom. The van der Waals surface area contributed by atoms with Crippen LogP contribution in [0.5, 0.6) is 0 Å². The number of nitrogens with zero attached hydrogens (tertiary/aromatic N) is 1. The van der Waals surface area contributed by atoms with Gasteiger partial charge in [0.25, 0.3) is 0 Å². The van der Waals surface area contributed by atoms with Gasteiger partial charge in [0.05, 0.1) is 6.04 Å². The van der Waals surface area contributed by atoms with E-state index in [9.17, 15) is 9.59 Å². The zero-order valence-corrected chi connectivity index (χ0v) is 16.0. The van der Waals surface area contributed by atoms with Crippen LogP contribution in [0.4, 0.5) is 10.5 Å². The second-order valence-electron chi connectivity index (χ2n) is 6.89. The van der Waals surface area contributed by atoms with Crippen molar-refractivity contribution in [3.63, 3.8) is 0 Å². The number of nitrogens with one attached hydrogen (secondary N) is 3. The van der Waals surface area contributed by atoms with Crippen molar-refractivity contribution < 1.29 is 9.59 Å². The summed E-state index contributed by atoms with van der Waals surface area (Å²) < 4.78 is 0. The van der Waals surface area contributed by atoms with Gasteiger partial charge in [-0.15, -0.1) is 0 Å². The van der Waals surface area contributed by atoms with Gasteiger partial charge < -0.3 is 20.5 Å². The van der Waals surface area contributed by atoms with Crippen molar-refractivity contribution >= 4 is 40.1 Å². The minimum Gasteiger partial charge on any atom is -0.361 e. The van der Waals surface area contributed by atoms with E-state index in [0.29, 0.717) is 24.5 Å². The standard InChI is InChI=1S/C21H21ClN4O2/c22-15-5-7-17(8-6-15)26-13-16(11-20(26)27)25-21(28)23-10-9-14-12-24-19-4-2-1-3-18(14)19/h1-8,12,16,24H,9-11,13H2,(H2,23,25,28)/t16-/m0/s1. The number of rotatable bonds is 5. The fraction of sp³-hybridized carbons (Fsp3) is 0.238. The molecule has 1 fully saturated rings. The molecule has 1 aliphatic rings. The molecule has 0 spiro atoms. The Hall–Kier alpha value is -2.99. The first-order chi connectivity index (χ1) is 13.6. The SMILES string of the molecule is O=C(NCCc1c[nH]c2ccccc12)N[C@H]1CC(=O)N(c2ccc(Cl)cc2)C1. The average Bonchev–Trinajstić information content (AvgIpc) is 3.26. The second-order valence-corrected chi connectivity index (χ2v) is 7.33. The number of carbonyl (C=O) groups is 2. The van der Waals surface area contributed by atoms with Gasteiger partial charge in [-0.2, -0.15) is 0 Å². The third-order valence-electron chi connectivity index (χ3n) is 4.95. The van der Waals surface area contributed by atoms with Gasteiger partial charge in [0.15, 0.2) is 0 Å². The van der Waals surface area contributed by atoms with Gasteiger partial charge in [0.1, 0.15) is 0 Å². The van der Waals surface area contributed by atoms with E-state index in [1.165, 1.54) is 10.9 Å². The second kappa shape index (κ2) is 7.94. The van der Waals surface area contributed by atoms with Gasteiger partial charge in [-0.05, 0) is 42.3 Å². The Morgan fingerprint density at radius 3 is 2.79 bits per heavy atom. The number of halogens is 1.